The predicted molar refractivity (Wildman–Crippen MR) is 114 cm³/mol. The third kappa shape index (κ3) is 5.17. The van der Waals surface area contributed by atoms with Crippen molar-refractivity contribution in [2.24, 2.45) is 5.92 Å². The van der Waals surface area contributed by atoms with Crippen LogP contribution in [0.1, 0.15) is 18.9 Å². The van der Waals surface area contributed by atoms with Gasteiger partial charge < -0.3 is 15.0 Å². The molecule has 3 rings (SSSR count). The molecule has 0 spiro atoms. The number of esters is 1. The van der Waals surface area contributed by atoms with Crippen molar-refractivity contribution in [3.8, 4) is 0 Å². The summed E-state index contributed by atoms with van der Waals surface area (Å²) >= 11 is 1.59. The molecule has 152 valence electrons. The minimum Gasteiger partial charge on any atom is -0.452 e. The van der Waals surface area contributed by atoms with E-state index < -0.39 is 23.9 Å². The number of benzene rings is 2. The van der Waals surface area contributed by atoms with Crippen LogP contribution in [0, 0.1) is 12.8 Å². The maximum Gasteiger partial charge on any atom is 0.312 e. The summed E-state index contributed by atoms with van der Waals surface area (Å²) in [5.41, 5.74) is 2.49. The van der Waals surface area contributed by atoms with Crippen molar-refractivity contribution in [1.29, 1.82) is 0 Å². The topological polar surface area (TPSA) is 75.7 Å². The molecule has 1 saturated heterocycles. The SMILES string of the molecule is CSc1cccc(N2C[C@H](C(=O)O[C@H](C)C(=O)Nc3ccc(C)cc3)CC2=O)c1. The van der Waals surface area contributed by atoms with Crippen molar-refractivity contribution in [1.82, 2.24) is 0 Å². The van der Waals surface area contributed by atoms with Crippen LogP contribution in [0.25, 0.3) is 0 Å². The summed E-state index contributed by atoms with van der Waals surface area (Å²) < 4.78 is 5.34. The molecule has 1 N–H and O–H groups in total. The van der Waals surface area contributed by atoms with Gasteiger partial charge in [-0.1, -0.05) is 23.8 Å². The lowest BCUT2D eigenvalue weighted by atomic mass is 10.1. The number of carbonyl (C=O) groups excluding carboxylic acids is 3. The molecule has 1 heterocycles. The molecule has 0 unspecified atom stereocenters. The Labute approximate surface area is 174 Å². The van der Waals surface area contributed by atoms with E-state index in [1.54, 1.807) is 28.8 Å². The highest BCUT2D eigenvalue weighted by atomic mass is 32.2. The van der Waals surface area contributed by atoms with Crippen molar-refractivity contribution in [3.05, 3.63) is 54.1 Å². The summed E-state index contributed by atoms with van der Waals surface area (Å²) in [6.07, 6.45) is 1.09. The van der Waals surface area contributed by atoms with Crippen molar-refractivity contribution in [2.75, 3.05) is 23.0 Å². The zero-order chi connectivity index (χ0) is 21.0. The van der Waals surface area contributed by atoms with Crippen LogP contribution in [-0.2, 0) is 19.1 Å². The first-order valence-electron chi connectivity index (χ1n) is 9.40. The summed E-state index contributed by atoms with van der Waals surface area (Å²) in [7, 11) is 0. The Hall–Kier alpha value is -2.80. The fourth-order valence-electron chi connectivity index (χ4n) is 3.10. The van der Waals surface area contributed by atoms with Gasteiger partial charge in [0, 0.05) is 29.2 Å². The van der Waals surface area contributed by atoms with Crippen molar-refractivity contribution in [3.63, 3.8) is 0 Å². The number of carbonyl (C=O) groups is 3. The first-order chi connectivity index (χ1) is 13.9. The fourth-order valence-corrected chi connectivity index (χ4v) is 3.55. The lowest BCUT2D eigenvalue weighted by molar-refractivity contribution is -0.157. The maximum atomic E-state index is 12.5. The van der Waals surface area contributed by atoms with Gasteiger partial charge >= 0.3 is 5.97 Å². The van der Waals surface area contributed by atoms with Crippen LogP contribution in [0.3, 0.4) is 0 Å². The number of anilines is 2. The number of rotatable bonds is 6. The molecule has 2 amide bonds. The molecule has 0 saturated carbocycles. The highest BCUT2D eigenvalue weighted by Gasteiger charge is 2.37. The minimum absolute atomic E-state index is 0.0780. The molecule has 1 fully saturated rings. The van der Waals surface area contributed by atoms with E-state index in [1.165, 1.54) is 6.92 Å². The van der Waals surface area contributed by atoms with E-state index in [-0.39, 0.29) is 18.9 Å². The van der Waals surface area contributed by atoms with E-state index in [2.05, 4.69) is 5.32 Å². The Morgan fingerprint density at radius 1 is 1.21 bits per heavy atom. The molecule has 0 aromatic heterocycles. The van der Waals surface area contributed by atoms with Gasteiger partial charge in [-0.3, -0.25) is 14.4 Å². The van der Waals surface area contributed by atoms with E-state index >= 15 is 0 Å². The van der Waals surface area contributed by atoms with Crippen LogP contribution in [0.4, 0.5) is 11.4 Å². The number of amides is 2. The van der Waals surface area contributed by atoms with Crippen molar-refractivity contribution < 1.29 is 19.1 Å². The molecule has 1 aliphatic heterocycles. The average molecular weight is 413 g/mol. The lowest BCUT2D eigenvalue weighted by Crippen LogP contribution is -2.33. The number of aryl methyl sites for hydroxylation is 1. The molecule has 2 aromatic rings. The third-order valence-corrected chi connectivity index (χ3v) is 5.53. The second-order valence-corrected chi connectivity index (χ2v) is 7.92. The number of nitrogens with zero attached hydrogens (tertiary/aromatic N) is 1. The molecular weight excluding hydrogens is 388 g/mol. The van der Waals surface area contributed by atoms with Crippen LogP contribution < -0.4 is 10.2 Å². The second kappa shape index (κ2) is 9.13. The number of hydrogen-bond donors (Lipinski definition) is 1. The predicted octanol–water partition coefficient (Wildman–Crippen LogP) is 3.64. The van der Waals surface area contributed by atoms with Crippen LogP contribution in [-0.4, -0.2) is 36.7 Å². The Kier molecular flexibility index (Phi) is 6.59. The molecule has 6 nitrogen and oxygen atoms in total. The van der Waals surface area contributed by atoms with Crippen LogP contribution in [0.2, 0.25) is 0 Å². The van der Waals surface area contributed by atoms with Gasteiger partial charge in [-0.05, 0) is 50.4 Å². The molecule has 0 aliphatic carbocycles. The number of nitrogens with one attached hydrogen (secondary N) is 1. The third-order valence-electron chi connectivity index (χ3n) is 4.80. The van der Waals surface area contributed by atoms with Crippen molar-refractivity contribution >= 4 is 40.9 Å². The largest absolute Gasteiger partial charge is 0.452 e. The van der Waals surface area contributed by atoms with Crippen molar-refractivity contribution in [2.45, 2.75) is 31.3 Å². The summed E-state index contributed by atoms with van der Waals surface area (Å²) in [5, 5.41) is 2.73. The zero-order valence-corrected chi connectivity index (χ0v) is 17.5. The molecule has 2 atom stereocenters. The van der Waals surface area contributed by atoms with Crippen LogP contribution in [0.15, 0.2) is 53.4 Å². The van der Waals surface area contributed by atoms with E-state index in [9.17, 15) is 14.4 Å². The van der Waals surface area contributed by atoms with Gasteiger partial charge in [0.1, 0.15) is 0 Å². The van der Waals surface area contributed by atoms with Gasteiger partial charge in [0.25, 0.3) is 5.91 Å². The Bertz CT molecular complexity index is 913. The highest BCUT2D eigenvalue weighted by molar-refractivity contribution is 7.98. The number of hydrogen-bond acceptors (Lipinski definition) is 5. The fraction of sp³-hybridized carbons (Fsp3) is 0.318. The molecule has 29 heavy (non-hydrogen) atoms. The maximum absolute atomic E-state index is 12.5. The standard InChI is InChI=1S/C22H24N2O4S/c1-14-7-9-17(10-8-14)23-21(26)15(2)28-22(27)16-11-20(25)24(13-16)18-5-4-6-19(12-18)29-3/h4-10,12,15-16H,11,13H2,1-3H3,(H,23,26)/t15-,16-/m1/s1. The molecule has 7 heteroatoms. The molecule has 0 radical (unpaired) electrons. The van der Waals surface area contributed by atoms with E-state index in [1.807, 2.05) is 49.6 Å². The van der Waals surface area contributed by atoms with E-state index in [4.69, 9.17) is 4.74 Å². The van der Waals surface area contributed by atoms with Gasteiger partial charge in [0.2, 0.25) is 5.91 Å². The number of ether oxygens (including phenoxy) is 1. The van der Waals surface area contributed by atoms with Crippen LogP contribution in [0.5, 0.6) is 0 Å². The lowest BCUT2D eigenvalue weighted by Gasteiger charge is -2.18. The summed E-state index contributed by atoms with van der Waals surface area (Å²) in [6.45, 7) is 3.74. The quantitative estimate of drug-likeness (QED) is 0.579. The Morgan fingerprint density at radius 3 is 2.62 bits per heavy atom. The van der Waals surface area contributed by atoms with Gasteiger partial charge in [-0.15, -0.1) is 11.8 Å². The minimum atomic E-state index is -0.951. The van der Waals surface area contributed by atoms with Gasteiger partial charge in [0.05, 0.1) is 5.92 Å². The average Bonchev–Trinajstić information content (AvgIpc) is 3.11. The highest BCUT2D eigenvalue weighted by Crippen LogP contribution is 2.29. The number of thioether (sulfide) groups is 1. The first kappa shape index (κ1) is 20.9. The van der Waals surface area contributed by atoms with E-state index in [0.29, 0.717) is 5.69 Å². The molecular formula is C22H24N2O4S. The molecule has 0 bridgehead atoms. The smallest absolute Gasteiger partial charge is 0.312 e. The van der Waals surface area contributed by atoms with Gasteiger partial charge in [0.15, 0.2) is 6.10 Å². The molecule has 1 aliphatic rings. The Morgan fingerprint density at radius 2 is 1.93 bits per heavy atom. The first-order valence-corrected chi connectivity index (χ1v) is 10.6. The van der Waals surface area contributed by atoms with Gasteiger partial charge in [-0.2, -0.15) is 0 Å². The summed E-state index contributed by atoms with van der Waals surface area (Å²) in [4.78, 5) is 39.9. The second-order valence-electron chi connectivity index (χ2n) is 7.04. The summed E-state index contributed by atoms with van der Waals surface area (Å²) in [6, 6.07) is 15.0. The zero-order valence-electron chi connectivity index (χ0n) is 16.7. The molecule has 2 aromatic carbocycles. The normalized spacial score (nSPS) is 17.1. The summed E-state index contributed by atoms with van der Waals surface area (Å²) in [5.74, 6) is -1.65. The monoisotopic (exact) mass is 412 g/mol. The Balaban J connectivity index is 1.58. The van der Waals surface area contributed by atoms with Gasteiger partial charge in [-0.25, -0.2) is 0 Å². The van der Waals surface area contributed by atoms with Crippen LogP contribution >= 0.6 is 11.8 Å². The van der Waals surface area contributed by atoms with E-state index in [0.717, 1.165) is 16.1 Å².